The Balaban J connectivity index is 0. The van der Waals surface area contributed by atoms with Gasteiger partial charge in [0.1, 0.15) is 0 Å². The fourth-order valence-electron chi connectivity index (χ4n) is 1.23. The third-order valence-electron chi connectivity index (χ3n) is 1.85. The second kappa shape index (κ2) is 6.20. The minimum absolute atomic E-state index is 0. The van der Waals surface area contributed by atoms with Crippen LogP contribution in [0.15, 0.2) is 37.4 Å². The van der Waals surface area contributed by atoms with Gasteiger partial charge in [0.05, 0.1) is 0 Å². The van der Waals surface area contributed by atoms with Crippen LogP contribution < -0.4 is 0 Å². The highest BCUT2D eigenvalue weighted by atomic mass is 14.1. The molecular formula is C14H22. The van der Waals surface area contributed by atoms with Crippen molar-refractivity contribution in [2.75, 3.05) is 0 Å². The minimum atomic E-state index is 0. The first-order valence-electron chi connectivity index (χ1n) is 4.03. The van der Waals surface area contributed by atoms with Crippen molar-refractivity contribution < 1.29 is 0 Å². The van der Waals surface area contributed by atoms with Gasteiger partial charge >= 0.3 is 0 Å². The van der Waals surface area contributed by atoms with E-state index in [1.165, 1.54) is 11.1 Å². The molecule has 0 heteroatoms. The highest BCUT2D eigenvalue weighted by Crippen LogP contribution is 2.22. The van der Waals surface area contributed by atoms with Crippen LogP contribution in [0.4, 0.5) is 0 Å². The fourth-order valence-corrected chi connectivity index (χ4v) is 1.23. The molecule has 1 rings (SSSR count). The average Bonchev–Trinajstić information content (AvgIpc) is 2.04. The highest BCUT2D eigenvalue weighted by molar-refractivity contribution is 5.76. The van der Waals surface area contributed by atoms with Gasteiger partial charge in [-0.15, -0.1) is 0 Å². The van der Waals surface area contributed by atoms with E-state index >= 15 is 0 Å². The number of benzene rings is 1. The van der Waals surface area contributed by atoms with Crippen LogP contribution >= 0.6 is 0 Å². The standard InChI is InChI=1S/C12H14.2CH4/c1-9(2)11-7-5-6-8-12(11)10(3)4;;/h5-8H,1,3H2,2,4H3;2*1H4. The Kier molecular flexibility index (Phi) is 6.72. The van der Waals surface area contributed by atoms with Crippen LogP contribution in [0.1, 0.15) is 39.8 Å². The van der Waals surface area contributed by atoms with E-state index in [2.05, 4.69) is 25.3 Å². The third kappa shape index (κ3) is 3.21. The molecule has 0 radical (unpaired) electrons. The van der Waals surface area contributed by atoms with E-state index in [1.54, 1.807) is 0 Å². The molecule has 14 heavy (non-hydrogen) atoms. The maximum atomic E-state index is 3.93. The molecule has 0 heterocycles. The molecule has 0 saturated carbocycles. The Morgan fingerprint density at radius 2 is 1.14 bits per heavy atom. The maximum Gasteiger partial charge on any atom is -0.0158 e. The minimum Gasteiger partial charge on any atom is -0.0955 e. The molecule has 0 N–H and O–H groups in total. The van der Waals surface area contributed by atoms with Gasteiger partial charge < -0.3 is 0 Å². The molecule has 0 aliphatic heterocycles. The number of rotatable bonds is 2. The lowest BCUT2D eigenvalue weighted by molar-refractivity contribution is 1.50. The smallest absolute Gasteiger partial charge is 0.0158 e. The van der Waals surface area contributed by atoms with E-state index in [0.717, 1.165) is 11.1 Å². The van der Waals surface area contributed by atoms with Crippen molar-refractivity contribution in [2.24, 2.45) is 0 Å². The maximum absolute atomic E-state index is 3.93. The molecule has 0 aromatic heterocycles. The monoisotopic (exact) mass is 190 g/mol. The molecule has 78 valence electrons. The summed E-state index contributed by atoms with van der Waals surface area (Å²) < 4.78 is 0. The Labute approximate surface area is 89.0 Å². The highest BCUT2D eigenvalue weighted by Gasteiger charge is 2.00. The first-order valence-corrected chi connectivity index (χ1v) is 4.03. The van der Waals surface area contributed by atoms with Crippen molar-refractivity contribution in [2.45, 2.75) is 28.7 Å². The van der Waals surface area contributed by atoms with Crippen LogP contribution in [0.5, 0.6) is 0 Å². The van der Waals surface area contributed by atoms with Crippen molar-refractivity contribution in [1.29, 1.82) is 0 Å². The molecule has 0 atom stereocenters. The quantitative estimate of drug-likeness (QED) is 0.614. The second-order valence-electron chi connectivity index (χ2n) is 3.11. The van der Waals surface area contributed by atoms with Crippen LogP contribution in [0.25, 0.3) is 11.1 Å². The van der Waals surface area contributed by atoms with Crippen molar-refractivity contribution in [3.63, 3.8) is 0 Å². The molecule has 0 spiro atoms. The summed E-state index contributed by atoms with van der Waals surface area (Å²) >= 11 is 0. The Morgan fingerprint density at radius 1 is 0.857 bits per heavy atom. The van der Waals surface area contributed by atoms with Gasteiger partial charge in [-0.1, -0.05) is 63.4 Å². The van der Waals surface area contributed by atoms with Gasteiger partial charge in [0.15, 0.2) is 0 Å². The SMILES string of the molecule is C.C.C=C(C)c1ccccc1C(=C)C. The van der Waals surface area contributed by atoms with Gasteiger partial charge in [-0.05, 0) is 25.0 Å². The summed E-state index contributed by atoms with van der Waals surface area (Å²) in [6, 6.07) is 8.20. The van der Waals surface area contributed by atoms with E-state index < -0.39 is 0 Å². The topological polar surface area (TPSA) is 0 Å². The molecular weight excluding hydrogens is 168 g/mol. The van der Waals surface area contributed by atoms with Crippen molar-refractivity contribution >= 4 is 11.1 Å². The Bertz CT molecular complexity index is 286. The van der Waals surface area contributed by atoms with Gasteiger partial charge in [0.2, 0.25) is 0 Å². The summed E-state index contributed by atoms with van der Waals surface area (Å²) in [5, 5.41) is 0. The van der Waals surface area contributed by atoms with Gasteiger partial charge in [-0.2, -0.15) is 0 Å². The molecule has 0 fully saturated rings. The predicted octanol–water partition coefficient (Wildman–Crippen LogP) is 5.03. The molecule has 0 unspecified atom stereocenters. The van der Waals surface area contributed by atoms with Gasteiger partial charge in [-0.3, -0.25) is 0 Å². The second-order valence-corrected chi connectivity index (χ2v) is 3.11. The van der Waals surface area contributed by atoms with Crippen LogP contribution in [0.2, 0.25) is 0 Å². The van der Waals surface area contributed by atoms with Crippen molar-refractivity contribution in [1.82, 2.24) is 0 Å². The number of hydrogen-bond donors (Lipinski definition) is 0. The lowest BCUT2D eigenvalue weighted by atomic mass is 9.98. The Morgan fingerprint density at radius 3 is 1.36 bits per heavy atom. The number of allylic oxidation sites excluding steroid dienone is 2. The molecule has 0 bridgehead atoms. The Hall–Kier alpha value is -1.30. The fraction of sp³-hybridized carbons (Fsp3) is 0.286. The number of hydrogen-bond acceptors (Lipinski definition) is 0. The van der Waals surface area contributed by atoms with E-state index in [1.807, 2.05) is 26.0 Å². The largest absolute Gasteiger partial charge is 0.0955 e. The van der Waals surface area contributed by atoms with E-state index in [4.69, 9.17) is 0 Å². The zero-order valence-corrected chi connectivity index (χ0v) is 7.72. The normalized spacial score (nSPS) is 8.14. The average molecular weight is 190 g/mol. The van der Waals surface area contributed by atoms with Gasteiger partial charge in [0, 0.05) is 0 Å². The van der Waals surface area contributed by atoms with E-state index in [-0.39, 0.29) is 14.9 Å². The third-order valence-corrected chi connectivity index (χ3v) is 1.85. The molecule has 0 amide bonds. The summed E-state index contributed by atoms with van der Waals surface area (Å²) in [4.78, 5) is 0. The van der Waals surface area contributed by atoms with Crippen LogP contribution in [0.3, 0.4) is 0 Å². The molecule has 0 aliphatic carbocycles. The zero-order chi connectivity index (χ0) is 9.14. The molecule has 0 nitrogen and oxygen atoms in total. The first kappa shape index (κ1) is 15.2. The summed E-state index contributed by atoms with van der Waals surface area (Å²) in [6.45, 7) is 11.9. The van der Waals surface area contributed by atoms with Crippen LogP contribution in [-0.4, -0.2) is 0 Å². The summed E-state index contributed by atoms with van der Waals surface area (Å²) in [5.41, 5.74) is 4.58. The lowest BCUT2D eigenvalue weighted by Crippen LogP contribution is -1.86. The predicted molar refractivity (Wildman–Crippen MR) is 69.3 cm³/mol. The molecule has 1 aromatic rings. The summed E-state index contributed by atoms with van der Waals surface area (Å²) in [6.07, 6.45) is 0. The van der Waals surface area contributed by atoms with Crippen molar-refractivity contribution in [3.05, 3.63) is 48.6 Å². The lowest BCUT2D eigenvalue weighted by Gasteiger charge is -2.07. The van der Waals surface area contributed by atoms with E-state index in [9.17, 15) is 0 Å². The van der Waals surface area contributed by atoms with Gasteiger partial charge in [-0.25, -0.2) is 0 Å². The van der Waals surface area contributed by atoms with Crippen LogP contribution in [-0.2, 0) is 0 Å². The molecule has 0 aliphatic rings. The summed E-state index contributed by atoms with van der Waals surface area (Å²) in [5.74, 6) is 0. The van der Waals surface area contributed by atoms with Gasteiger partial charge in [0.25, 0.3) is 0 Å². The van der Waals surface area contributed by atoms with E-state index in [0.29, 0.717) is 0 Å². The van der Waals surface area contributed by atoms with Crippen molar-refractivity contribution in [3.8, 4) is 0 Å². The molecule has 0 saturated heterocycles. The molecule has 1 aromatic carbocycles. The van der Waals surface area contributed by atoms with Crippen LogP contribution in [0, 0.1) is 0 Å². The zero-order valence-electron chi connectivity index (χ0n) is 7.72. The summed E-state index contributed by atoms with van der Waals surface area (Å²) in [7, 11) is 0. The first-order chi connectivity index (χ1) is 5.63.